The molecular formula is C12H23N3O. The van der Waals surface area contributed by atoms with Gasteiger partial charge in [-0.15, -0.1) is 0 Å². The lowest BCUT2D eigenvalue weighted by atomic mass is 9.92. The van der Waals surface area contributed by atoms with Crippen molar-refractivity contribution in [3.8, 4) is 0 Å². The van der Waals surface area contributed by atoms with Crippen LogP contribution in [-0.2, 0) is 16.7 Å². The van der Waals surface area contributed by atoms with Gasteiger partial charge in [0.1, 0.15) is 0 Å². The standard InChI is InChI=1S/C12H23N3O/c1-12(2,3)11-9-14-10-15(11)7-5-13-6-8-16-4/h9-10,13H,5-8H2,1-4H3. The Hall–Kier alpha value is -0.870. The second-order valence-corrected chi connectivity index (χ2v) is 4.97. The van der Waals surface area contributed by atoms with Crippen LogP contribution in [0, 0.1) is 0 Å². The maximum Gasteiger partial charge on any atom is 0.0948 e. The van der Waals surface area contributed by atoms with Gasteiger partial charge in [-0.1, -0.05) is 20.8 Å². The van der Waals surface area contributed by atoms with E-state index < -0.39 is 0 Å². The van der Waals surface area contributed by atoms with Crippen LogP contribution in [0.4, 0.5) is 0 Å². The maximum absolute atomic E-state index is 4.98. The smallest absolute Gasteiger partial charge is 0.0948 e. The molecule has 16 heavy (non-hydrogen) atoms. The molecule has 1 aromatic heterocycles. The van der Waals surface area contributed by atoms with E-state index in [0.29, 0.717) is 0 Å². The number of hydrogen-bond donors (Lipinski definition) is 1. The summed E-state index contributed by atoms with van der Waals surface area (Å²) in [6.07, 6.45) is 3.85. The van der Waals surface area contributed by atoms with Crippen LogP contribution in [0.1, 0.15) is 26.5 Å². The van der Waals surface area contributed by atoms with Crippen molar-refractivity contribution >= 4 is 0 Å². The Morgan fingerprint density at radius 2 is 2.12 bits per heavy atom. The fourth-order valence-electron chi connectivity index (χ4n) is 1.62. The van der Waals surface area contributed by atoms with E-state index in [1.165, 1.54) is 5.69 Å². The van der Waals surface area contributed by atoms with Crippen LogP contribution in [0.5, 0.6) is 0 Å². The summed E-state index contributed by atoms with van der Waals surface area (Å²) in [6, 6.07) is 0. The SMILES string of the molecule is COCCNCCn1cncc1C(C)(C)C. The number of rotatable bonds is 6. The minimum absolute atomic E-state index is 0.156. The molecule has 4 nitrogen and oxygen atoms in total. The second-order valence-electron chi connectivity index (χ2n) is 4.97. The van der Waals surface area contributed by atoms with E-state index in [1.807, 2.05) is 12.5 Å². The largest absolute Gasteiger partial charge is 0.383 e. The first-order chi connectivity index (χ1) is 7.55. The lowest BCUT2D eigenvalue weighted by molar-refractivity contribution is 0.199. The average molecular weight is 225 g/mol. The van der Waals surface area contributed by atoms with Crippen LogP contribution in [0.3, 0.4) is 0 Å². The number of imidazole rings is 1. The lowest BCUT2D eigenvalue weighted by Crippen LogP contribution is -2.26. The van der Waals surface area contributed by atoms with Crippen LogP contribution < -0.4 is 5.32 Å². The summed E-state index contributed by atoms with van der Waals surface area (Å²) in [4.78, 5) is 4.21. The quantitative estimate of drug-likeness (QED) is 0.744. The lowest BCUT2D eigenvalue weighted by Gasteiger charge is -2.20. The normalized spacial score (nSPS) is 12.0. The highest BCUT2D eigenvalue weighted by atomic mass is 16.5. The molecule has 0 radical (unpaired) electrons. The van der Waals surface area contributed by atoms with Crippen molar-refractivity contribution in [2.75, 3.05) is 26.8 Å². The van der Waals surface area contributed by atoms with Crippen molar-refractivity contribution in [3.63, 3.8) is 0 Å². The Labute approximate surface area is 98.0 Å². The summed E-state index contributed by atoms with van der Waals surface area (Å²) in [5.74, 6) is 0. The first-order valence-corrected chi connectivity index (χ1v) is 5.76. The van der Waals surface area contributed by atoms with Gasteiger partial charge in [-0.2, -0.15) is 0 Å². The number of nitrogens with one attached hydrogen (secondary N) is 1. The number of hydrogen-bond acceptors (Lipinski definition) is 3. The maximum atomic E-state index is 4.98. The van der Waals surface area contributed by atoms with Gasteiger partial charge >= 0.3 is 0 Å². The molecule has 0 aromatic carbocycles. The van der Waals surface area contributed by atoms with Gasteiger partial charge in [-0.3, -0.25) is 0 Å². The highest BCUT2D eigenvalue weighted by Crippen LogP contribution is 2.21. The molecule has 0 aliphatic carbocycles. The summed E-state index contributed by atoms with van der Waals surface area (Å²) < 4.78 is 7.18. The summed E-state index contributed by atoms with van der Waals surface area (Å²) in [5, 5.41) is 3.33. The first-order valence-electron chi connectivity index (χ1n) is 5.76. The molecule has 4 heteroatoms. The third-order valence-electron chi connectivity index (χ3n) is 2.49. The number of nitrogens with zero attached hydrogens (tertiary/aromatic N) is 2. The molecule has 0 amide bonds. The third kappa shape index (κ3) is 3.94. The van der Waals surface area contributed by atoms with Crippen LogP contribution in [0.2, 0.25) is 0 Å². The van der Waals surface area contributed by atoms with Gasteiger partial charge in [0.25, 0.3) is 0 Å². The minimum atomic E-state index is 0.156. The average Bonchev–Trinajstić information content (AvgIpc) is 2.65. The second kappa shape index (κ2) is 6.01. The Kier molecular flexibility index (Phi) is 4.96. The molecule has 0 saturated carbocycles. The Morgan fingerprint density at radius 3 is 2.75 bits per heavy atom. The summed E-state index contributed by atoms with van der Waals surface area (Å²) in [5.41, 5.74) is 1.43. The van der Waals surface area contributed by atoms with E-state index in [-0.39, 0.29) is 5.41 Å². The van der Waals surface area contributed by atoms with Crippen molar-refractivity contribution in [1.82, 2.24) is 14.9 Å². The Balaban J connectivity index is 2.40. The van der Waals surface area contributed by atoms with Crippen LogP contribution in [0.25, 0.3) is 0 Å². The van der Waals surface area contributed by atoms with Gasteiger partial charge in [0.15, 0.2) is 0 Å². The zero-order chi connectivity index (χ0) is 12.0. The zero-order valence-electron chi connectivity index (χ0n) is 10.8. The summed E-state index contributed by atoms with van der Waals surface area (Å²) >= 11 is 0. The molecule has 1 aromatic rings. The van der Waals surface area contributed by atoms with Gasteiger partial charge in [0, 0.05) is 44.0 Å². The molecule has 0 fully saturated rings. The van der Waals surface area contributed by atoms with Gasteiger partial charge < -0.3 is 14.6 Å². The van der Waals surface area contributed by atoms with E-state index in [1.54, 1.807) is 7.11 Å². The van der Waals surface area contributed by atoms with Crippen molar-refractivity contribution < 1.29 is 4.74 Å². The van der Waals surface area contributed by atoms with Crippen molar-refractivity contribution in [1.29, 1.82) is 0 Å². The fraction of sp³-hybridized carbons (Fsp3) is 0.750. The van der Waals surface area contributed by atoms with Crippen molar-refractivity contribution in [3.05, 3.63) is 18.2 Å². The monoisotopic (exact) mass is 225 g/mol. The number of methoxy groups -OCH3 is 1. The highest BCUT2D eigenvalue weighted by Gasteiger charge is 2.17. The van der Waals surface area contributed by atoms with Gasteiger partial charge in [0.2, 0.25) is 0 Å². The first kappa shape index (κ1) is 13.2. The molecule has 0 aliphatic heterocycles. The predicted molar refractivity (Wildman–Crippen MR) is 65.7 cm³/mol. The molecule has 1 heterocycles. The molecule has 1 N–H and O–H groups in total. The summed E-state index contributed by atoms with van der Waals surface area (Å²) in [7, 11) is 1.72. The van der Waals surface area contributed by atoms with Crippen molar-refractivity contribution in [2.45, 2.75) is 32.7 Å². The Bertz CT molecular complexity index is 301. The molecule has 92 valence electrons. The summed E-state index contributed by atoms with van der Waals surface area (Å²) in [6.45, 7) is 10.2. The molecule has 0 spiro atoms. The molecule has 0 aliphatic rings. The van der Waals surface area contributed by atoms with E-state index in [2.05, 4.69) is 35.6 Å². The number of aromatic nitrogens is 2. The zero-order valence-corrected chi connectivity index (χ0v) is 10.8. The van der Waals surface area contributed by atoms with Crippen LogP contribution in [-0.4, -0.2) is 36.4 Å². The van der Waals surface area contributed by atoms with E-state index in [9.17, 15) is 0 Å². The molecular weight excluding hydrogens is 202 g/mol. The van der Waals surface area contributed by atoms with Crippen molar-refractivity contribution in [2.24, 2.45) is 0 Å². The van der Waals surface area contributed by atoms with E-state index in [4.69, 9.17) is 4.74 Å². The predicted octanol–water partition coefficient (Wildman–Crippen LogP) is 1.42. The van der Waals surface area contributed by atoms with Gasteiger partial charge in [-0.05, 0) is 0 Å². The Morgan fingerprint density at radius 1 is 1.38 bits per heavy atom. The topological polar surface area (TPSA) is 39.1 Å². The van der Waals surface area contributed by atoms with E-state index >= 15 is 0 Å². The molecule has 1 rings (SSSR count). The molecule has 0 unspecified atom stereocenters. The van der Waals surface area contributed by atoms with E-state index in [0.717, 1.165) is 26.2 Å². The molecule has 0 saturated heterocycles. The molecule has 0 atom stereocenters. The van der Waals surface area contributed by atoms with Gasteiger partial charge in [0.05, 0.1) is 12.9 Å². The fourth-order valence-corrected chi connectivity index (χ4v) is 1.62. The van der Waals surface area contributed by atoms with Crippen LogP contribution >= 0.6 is 0 Å². The highest BCUT2D eigenvalue weighted by molar-refractivity contribution is 5.10. The van der Waals surface area contributed by atoms with Crippen LogP contribution in [0.15, 0.2) is 12.5 Å². The third-order valence-corrected chi connectivity index (χ3v) is 2.49. The van der Waals surface area contributed by atoms with Gasteiger partial charge in [-0.25, -0.2) is 4.98 Å². The minimum Gasteiger partial charge on any atom is -0.383 e. The number of ether oxygens (including phenoxy) is 1. The molecule has 0 bridgehead atoms.